The number of amides is 1. The van der Waals surface area contributed by atoms with Gasteiger partial charge in [0, 0.05) is 16.1 Å². The first-order valence-corrected chi connectivity index (χ1v) is 8.74. The van der Waals surface area contributed by atoms with Crippen molar-refractivity contribution in [1.29, 1.82) is 0 Å². The van der Waals surface area contributed by atoms with Gasteiger partial charge >= 0.3 is 0 Å². The van der Waals surface area contributed by atoms with Gasteiger partial charge in [0.25, 0.3) is 5.91 Å². The molecule has 116 valence electrons. The lowest BCUT2D eigenvalue weighted by atomic mass is 9.86. The third-order valence-electron chi connectivity index (χ3n) is 4.51. The number of benzene rings is 1. The molecule has 0 aliphatic heterocycles. The van der Waals surface area contributed by atoms with E-state index in [1.165, 1.54) is 24.8 Å². The van der Waals surface area contributed by atoms with Crippen LogP contribution >= 0.6 is 15.9 Å². The summed E-state index contributed by atoms with van der Waals surface area (Å²) in [5.41, 5.74) is 1.23. The Morgan fingerprint density at radius 3 is 2.81 bits per heavy atom. The van der Waals surface area contributed by atoms with Gasteiger partial charge in [-0.1, -0.05) is 53.9 Å². The van der Waals surface area contributed by atoms with Gasteiger partial charge in [0.1, 0.15) is 6.04 Å². The summed E-state index contributed by atoms with van der Waals surface area (Å²) in [5.74, 6) is 0.774. The molecule has 21 heavy (non-hydrogen) atoms. The van der Waals surface area contributed by atoms with E-state index in [9.17, 15) is 4.79 Å². The van der Waals surface area contributed by atoms with Gasteiger partial charge in [-0.15, -0.1) is 0 Å². The summed E-state index contributed by atoms with van der Waals surface area (Å²) in [5, 5.41) is 5.31. The van der Waals surface area contributed by atoms with Crippen LogP contribution in [0.3, 0.4) is 0 Å². The van der Waals surface area contributed by atoms with Crippen LogP contribution < -0.4 is 10.6 Å². The Morgan fingerprint density at radius 2 is 2.10 bits per heavy atom. The average molecular weight is 354 g/mol. The number of halogens is 1. The van der Waals surface area contributed by atoms with Crippen LogP contribution in [-0.4, -0.2) is 18.5 Å². The summed E-state index contributed by atoms with van der Waals surface area (Å²) >= 11 is 3.57. The first-order chi connectivity index (χ1) is 10.1. The zero-order chi connectivity index (χ0) is 15.2. The molecule has 1 amide bonds. The number of hydrogen-bond donors (Lipinski definition) is 2. The largest absolute Gasteiger partial charge is 0.348 e. The Labute approximate surface area is 136 Å². The monoisotopic (exact) mass is 353 g/mol. The smallest absolute Gasteiger partial charge is 0.275 e. The Balaban J connectivity index is 1.79. The van der Waals surface area contributed by atoms with Crippen molar-refractivity contribution in [2.75, 3.05) is 6.54 Å². The van der Waals surface area contributed by atoms with Crippen molar-refractivity contribution in [3.8, 4) is 0 Å². The first kappa shape index (κ1) is 16.5. The summed E-state index contributed by atoms with van der Waals surface area (Å²) in [6, 6.07) is 8.84. The number of nitrogens with two attached hydrogens (primary N) is 1. The highest BCUT2D eigenvalue weighted by Gasteiger charge is 2.23. The molecular weight excluding hydrogens is 328 g/mol. The average Bonchev–Trinajstić information content (AvgIpc) is 2.48. The molecule has 1 aliphatic carbocycles. The van der Waals surface area contributed by atoms with E-state index < -0.39 is 0 Å². The highest BCUT2D eigenvalue weighted by Crippen LogP contribution is 2.23. The quantitative estimate of drug-likeness (QED) is 0.839. The molecule has 3 nitrogen and oxygen atoms in total. The molecular formula is C17H26BrN2O+. The van der Waals surface area contributed by atoms with E-state index in [1.807, 2.05) is 18.2 Å². The summed E-state index contributed by atoms with van der Waals surface area (Å²) in [7, 11) is 0. The lowest BCUT2D eigenvalue weighted by Gasteiger charge is -2.29. The zero-order valence-electron chi connectivity index (χ0n) is 12.9. The molecule has 1 aromatic rings. The zero-order valence-corrected chi connectivity index (χ0v) is 14.5. The minimum Gasteiger partial charge on any atom is -0.348 e. The van der Waals surface area contributed by atoms with E-state index in [4.69, 9.17) is 0 Å². The lowest BCUT2D eigenvalue weighted by molar-refractivity contribution is -0.682. The molecule has 0 aromatic heterocycles. The minimum absolute atomic E-state index is 0.160. The van der Waals surface area contributed by atoms with Crippen LogP contribution in [0.1, 0.15) is 51.1 Å². The third-order valence-corrected chi connectivity index (χ3v) is 5.23. The van der Waals surface area contributed by atoms with E-state index in [2.05, 4.69) is 46.5 Å². The SMILES string of the molecule is C[C@H]([NH2+]CC(=O)N[C@@H]1CCCC[C@@H]1C)c1ccccc1Br. The van der Waals surface area contributed by atoms with Crippen molar-refractivity contribution in [3.63, 3.8) is 0 Å². The van der Waals surface area contributed by atoms with Crippen molar-refractivity contribution >= 4 is 21.8 Å². The molecule has 0 radical (unpaired) electrons. The summed E-state index contributed by atoms with van der Waals surface area (Å²) < 4.78 is 1.11. The van der Waals surface area contributed by atoms with E-state index in [1.54, 1.807) is 0 Å². The number of quaternary nitrogens is 1. The van der Waals surface area contributed by atoms with Gasteiger partial charge in [0.2, 0.25) is 0 Å². The van der Waals surface area contributed by atoms with Gasteiger partial charge in [-0.25, -0.2) is 0 Å². The maximum atomic E-state index is 12.1. The van der Waals surface area contributed by atoms with Crippen molar-refractivity contribution < 1.29 is 10.1 Å². The molecule has 1 aliphatic rings. The molecule has 3 N–H and O–H groups in total. The van der Waals surface area contributed by atoms with E-state index >= 15 is 0 Å². The Bertz CT molecular complexity index is 478. The molecule has 0 heterocycles. The van der Waals surface area contributed by atoms with Gasteiger partial charge in [0.15, 0.2) is 6.54 Å². The topological polar surface area (TPSA) is 45.7 Å². The van der Waals surface area contributed by atoms with E-state index in [-0.39, 0.29) is 11.9 Å². The molecule has 2 rings (SSSR count). The summed E-state index contributed by atoms with van der Waals surface area (Å²) in [4.78, 5) is 12.1. The van der Waals surface area contributed by atoms with Crippen LogP contribution in [0.15, 0.2) is 28.7 Å². The number of carbonyl (C=O) groups excluding carboxylic acids is 1. The molecule has 0 bridgehead atoms. The molecule has 1 aromatic carbocycles. The van der Waals surface area contributed by atoms with Crippen molar-refractivity contribution in [2.45, 2.75) is 51.6 Å². The predicted molar refractivity (Wildman–Crippen MR) is 88.9 cm³/mol. The maximum absolute atomic E-state index is 12.1. The van der Waals surface area contributed by atoms with Crippen LogP contribution in [0.2, 0.25) is 0 Å². The Kier molecular flexibility index (Phi) is 6.24. The Morgan fingerprint density at radius 1 is 1.38 bits per heavy atom. The second-order valence-electron chi connectivity index (χ2n) is 6.19. The molecule has 4 heteroatoms. The lowest BCUT2D eigenvalue weighted by Crippen LogP contribution is -2.87. The molecule has 3 atom stereocenters. The van der Waals surface area contributed by atoms with Gasteiger partial charge in [-0.3, -0.25) is 4.79 Å². The normalized spacial score (nSPS) is 23.6. The van der Waals surface area contributed by atoms with E-state index in [0.29, 0.717) is 18.5 Å². The second kappa shape index (κ2) is 7.95. The fourth-order valence-electron chi connectivity index (χ4n) is 3.05. The number of rotatable bonds is 5. The molecule has 1 fully saturated rings. The molecule has 1 saturated carbocycles. The minimum atomic E-state index is 0.160. The number of nitrogens with one attached hydrogen (secondary N) is 1. The standard InChI is InChI=1S/C17H25BrN2O/c1-12-7-3-6-10-16(12)20-17(21)11-19-13(2)14-8-4-5-9-15(14)18/h4-5,8-9,12-13,16,19H,3,6-7,10-11H2,1-2H3,(H,20,21)/p+1/t12-,13-,16+/m0/s1. The van der Waals surface area contributed by atoms with Crippen molar-refractivity contribution in [3.05, 3.63) is 34.3 Å². The first-order valence-electron chi connectivity index (χ1n) is 7.95. The summed E-state index contributed by atoms with van der Waals surface area (Å²) in [6.45, 7) is 4.87. The van der Waals surface area contributed by atoms with E-state index in [0.717, 1.165) is 10.9 Å². The number of carbonyl (C=O) groups is 1. The van der Waals surface area contributed by atoms with Crippen LogP contribution in [0.25, 0.3) is 0 Å². The van der Waals surface area contributed by atoms with Gasteiger partial charge in [-0.05, 0) is 31.7 Å². The van der Waals surface area contributed by atoms with Gasteiger partial charge in [-0.2, -0.15) is 0 Å². The predicted octanol–water partition coefficient (Wildman–Crippen LogP) is 2.77. The van der Waals surface area contributed by atoms with Gasteiger partial charge < -0.3 is 10.6 Å². The summed E-state index contributed by atoms with van der Waals surface area (Å²) in [6.07, 6.45) is 4.92. The maximum Gasteiger partial charge on any atom is 0.275 e. The van der Waals surface area contributed by atoms with Crippen molar-refractivity contribution in [2.24, 2.45) is 5.92 Å². The van der Waals surface area contributed by atoms with Crippen molar-refractivity contribution in [1.82, 2.24) is 5.32 Å². The van der Waals surface area contributed by atoms with Gasteiger partial charge in [0.05, 0.1) is 0 Å². The molecule has 0 saturated heterocycles. The molecule has 0 unspecified atom stereocenters. The number of hydrogen-bond acceptors (Lipinski definition) is 1. The van der Waals surface area contributed by atoms with Crippen LogP contribution in [0.5, 0.6) is 0 Å². The van der Waals surface area contributed by atoms with Crippen LogP contribution in [-0.2, 0) is 4.79 Å². The van der Waals surface area contributed by atoms with Crippen LogP contribution in [0.4, 0.5) is 0 Å². The fraction of sp³-hybridized carbons (Fsp3) is 0.588. The Hall–Kier alpha value is -0.870. The highest BCUT2D eigenvalue weighted by molar-refractivity contribution is 9.10. The fourth-order valence-corrected chi connectivity index (χ4v) is 3.70. The highest BCUT2D eigenvalue weighted by atomic mass is 79.9. The second-order valence-corrected chi connectivity index (χ2v) is 7.04. The molecule has 0 spiro atoms. The van der Waals surface area contributed by atoms with Crippen LogP contribution in [0, 0.1) is 5.92 Å². The third kappa shape index (κ3) is 4.82.